The fraction of sp³-hybridized carbons (Fsp3) is 0.296. The lowest BCUT2D eigenvalue weighted by molar-refractivity contribution is -0.132. The molecule has 2 heterocycles. The maximum atomic E-state index is 13.4. The summed E-state index contributed by atoms with van der Waals surface area (Å²) in [5.41, 5.74) is 2.22. The smallest absolute Gasteiger partial charge is 0.264 e. The van der Waals surface area contributed by atoms with Gasteiger partial charge in [0.1, 0.15) is 5.82 Å². The first kappa shape index (κ1) is 24.6. The molecule has 1 aliphatic rings. The second-order valence-electron chi connectivity index (χ2n) is 8.60. The lowest BCUT2D eigenvalue weighted by Gasteiger charge is -2.34. The number of anilines is 1. The number of hydrogen-bond acceptors (Lipinski definition) is 4. The Morgan fingerprint density at radius 1 is 0.943 bits per heavy atom. The van der Waals surface area contributed by atoms with E-state index in [9.17, 15) is 18.8 Å². The largest absolute Gasteiger partial charge is 0.339 e. The minimum atomic E-state index is -0.482. The number of amides is 3. The van der Waals surface area contributed by atoms with Crippen LogP contribution in [0.4, 0.5) is 9.39 Å². The minimum absolute atomic E-state index is 0.102. The molecule has 1 aliphatic heterocycles. The van der Waals surface area contributed by atoms with Gasteiger partial charge in [0.05, 0.1) is 9.88 Å². The molecule has 1 saturated heterocycles. The Bertz CT molecular complexity index is 1200. The van der Waals surface area contributed by atoms with E-state index in [4.69, 9.17) is 0 Å². The highest BCUT2D eigenvalue weighted by Crippen LogP contribution is 2.29. The van der Waals surface area contributed by atoms with E-state index in [0.717, 1.165) is 18.4 Å². The van der Waals surface area contributed by atoms with Crippen molar-refractivity contribution in [2.45, 2.75) is 26.2 Å². The maximum absolute atomic E-state index is 13.4. The average Bonchev–Trinajstić information content (AvgIpc) is 3.24. The fourth-order valence-electron chi connectivity index (χ4n) is 4.12. The van der Waals surface area contributed by atoms with Crippen molar-refractivity contribution in [2.75, 3.05) is 31.5 Å². The number of nitrogens with zero attached hydrogens (tertiary/aromatic N) is 2. The van der Waals surface area contributed by atoms with Crippen molar-refractivity contribution in [1.82, 2.24) is 9.80 Å². The number of aryl methyl sites for hydroxylation is 2. The first-order chi connectivity index (χ1) is 16.9. The van der Waals surface area contributed by atoms with E-state index < -0.39 is 11.7 Å². The van der Waals surface area contributed by atoms with Gasteiger partial charge in [0, 0.05) is 38.2 Å². The van der Waals surface area contributed by atoms with Gasteiger partial charge in [-0.2, -0.15) is 0 Å². The molecule has 0 radical (unpaired) electrons. The summed E-state index contributed by atoms with van der Waals surface area (Å²) in [5, 5.41) is 3.28. The third-order valence-electron chi connectivity index (χ3n) is 6.05. The summed E-state index contributed by atoms with van der Waals surface area (Å²) in [5.74, 6) is -0.883. The van der Waals surface area contributed by atoms with Gasteiger partial charge in [-0.3, -0.25) is 14.4 Å². The summed E-state index contributed by atoms with van der Waals surface area (Å²) in [6.07, 6.45) is 2.18. The van der Waals surface area contributed by atoms with Crippen molar-refractivity contribution < 1.29 is 18.8 Å². The van der Waals surface area contributed by atoms with Crippen molar-refractivity contribution >= 4 is 34.1 Å². The van der Waals surface area contributed by atoms with Crippen molar-refractivity contribution in [3.05, 3.63) is 88.0 Å². The molecule has 0 saturated carbocycles. The molecule has 8 heteroatoms. The predicted octanol–water partition coefficient (Wildman–Crippen LogP) is 4.76. The number of nitrogens with one attached hydrogen (secondary N) is 1. The molecule has 2 aromatic carbocycles. The van der Waals surface area contributed by atoms with Gasteiger partial charge in [0.2, 0.25) is 5.91 Å². The van der Waals surface area contributed by atoms with Gasteiger partial charge in [-0.1, -0.05) is 36.4 Å². The van der Waals surface area contributed by atoms with Gasteiger partial charge in [0.25, 0.3) is 11.8 Å². The molecule has 0 aliphatic carbocycles. The predicted molar refractivity (Wildman–Crippen MR) is 135 cm³/mol. The molecule has 4 rings (SSSR count). The molecule has 1 aromatic heterocycles. The highest BCUT2D eigenvalue weighted by atomic mass is 32.1. The Kier molecular flexibility index (Phi) is 7.92. The van der Waals surface area contributed by atoms with Crippen molar-refractivity contribution in [2.24, 2.45) is 0 Å². The molecule has 1 N–H and O–H groups in total. The van der Waals surface area contributed by atoms with Crippen LogP contribution in [0, 0.1) is 12.7 Å². The van der Waals surface area contributed by atoms with Crippen LogP contribution in [0.3, 0.4) is 0 Å². The Balaban J connectivity index is 1.27. The van der Waals surface area contributed by atoms with Gasteiger partial charge in [-0.05, 0) is 55.2 Å². The first-order valence-electron chi connectivity index (χ1n) is 11.7. The number of hydrogen-bond donors (Lipinski definition) is 1. The molecule has 3 aromatic rings. The lowest BCUT2D eigenvalue weighted by Crippen LogP contribution is -2.50. The Hall–Kier alpha value is -3.52. The number of piperazine rings is 1. The first-order valence-corrected chi connectivity index (χ1v) is 12.5. The van der Waals surface area contributed by atoms with Crippen LogP contribution in [0.5, 0.6) is 0 Å². The summed E-state index contributed by atoms with van der Waals surface area (Å²) in [6, 6.07) is 17.3. The molecule has 182 valence electrons. The molecule has 0 atom stereocenters. The van der Waals surface area contributed by atoms with Gasteiger partial charge < -0.3 is 15.1 Å². The quantitative estimate of drug-likeness (QED) is 0.516. The third kappa shape index (κ3) is 6.33. The summed E-state index contributed by atoms with van der Waals surface area (Å²) >= 11 is 1.21. The molecule has 3 amide bonds. The maximum Gasteiger partial charge on any atom is 0.264 e. The Labute approximate surface area is 208 Å². The summed E-state index contributed by atoms with van der Waals surface area (Å²) in [6.45, 7) is 3.82. The van der Waals surface area contributed by atoms with Crippen molar-refractivity contribution in [1.29, 1.82) is 0 Å². The normalized spacial score (nSPS) is 13.5. The summed E-state index contributed by atoms with van der Waals surface area (Å²) < 4.78 is 13.4. The van der Waals surface area contributed by atoms with Crippen LogP contribution in [0.1, 0.15) is 44.0 Å². The molecule has 0 spiro atoms. The zero-order valence-electron chi connectivity index (χ0n) is 19.6. The van der Waals surface area contributed by atoms with Crippen LogP contribution in [-0.4, -0.2) is 53.7 Å². The molecule has 0 unspecified atom stereocenters. The van der Waals surface area contributed by atoms with Gasteiger partial charge >= 0.3 is 0 Å². The Morgan fingerprint density at radius 2 is 1.66 bits per heavy atom. The van der Waals surface area contributed by atoms with Gasteiger partial charge in [0.15, 0.2) is 0 Å². The van der Waals surface area contributed by atoms with E-state index in [1.807, 2.05) is 30.0 Å². The van der Waals surface area contributed by atoms with Gasteiger partial charge in [-0.25, -0.2) is 4.39 Å². The van der Waals surface area contributed by atoms with Crippen LogP contribution in [0.15, 0.2) is 60.7 Å². The molecule has 0 bridgehead atoms. The van der Waals surface area contributed by atoms with E-state index in [0.29, 0.717) is 42.5 Å². The lowest BCUT2D eigenvalue weighted by atomic mass is 10.1. The fourth-order valence-corrected chi connectivity index (χ4v) is 5.15. The highest BCUT2D eigenvalue weighted by molar-refractivity contribution is 7.18. The zero-order valence-corrected chi connectivity index (χ0v) is 20.4. The number of carbonyl (C=O) groups is 3. The van der Waals surface area contributed by atoms with E-state index >= 15 is 0 Å². The van der Waals surface area contributed by atoms with Crippen LogP contribution >= 0.6 is 11.3 Å². The molecule has 1 fully saturated rings. The summed E-state index contributed by atoms with van der Waals surface area (Å²) in [4.78, 5) is 42.3. The minimum Gasteiger partial charge on any atom is -0.339 e. The zero-order chi connectivity index (χ0) is 24.8. The van der Waals surface area contributed by atoms with Gasteiger partial charge in [-0.15, -0.1) is 11.3 Å². The number of thiophene rings is 1. The standard InChI is InChI=1S/C27H28FN3O3S/c1-19-17-23(29-26(33)21-10-6-11-22(28)18-21)35-25(19)27(34)31-15-13-30(14-16-31)24(32)12-5-9-20-7-3-2-4-8-20/h2-4,6-8,10-11,17-18H,5,9,12-16H2,1H3,(H,29,33). The van der Waals surface area contributed by atoms with Crippen molar-refractivity contribution in [3.63, 3.8) is 0 Å². The van der Waals surface area contributed by atoms with Crippen LogP contribution in [0.2, 0.25) is 0 Å². The van der Waals surface area contributed by atoms with E-state index in [-0.39, 0.29) is 17.4 Å². The second kappa shape index (κ2) is 11.3. The number of halogens is 1. The van der Waals surface area contributed by atoms with E-state index in [2.05, 4.69) is 17.4 Å². The highest BCUT2D eigenvalue weighted by Gasteiger charge is 2.27. The Morgan fingerprint density at radius 3 is 2.37 bits per heavy atom. The molecule has 6 nitrogen and oxygen atoms in total. The van der Waals surface area contributed by atoms with Crippen LogP contribution in [0.25, 0.3) is 0 Å². The molecular formula is C27H28FN3O3S. The monoisotopic (exact) mass is 493 g/mol. The second-order valence-corrected chi connectivity index (χ2v) is 9.65. The van der Waals surface area contributed by atoms with Crippen LogP contribution in [-0.2, 0) is 11.2 Å². The molecule has 35 heavy (non-hydrogen) atoms. The summed E-state index contributed by atoms with van der Waals surface area (Å²) in [7, 11) is 0. The van der Waals surface area contributed by atoms with E-state index in [1.54, 1.807) is 11.0 Å². The van der Waals surface area contributed by atoms with Crippen LogP contribution < -0.4 is 5.32 Å². The van der Waals surface area contributed by atoms with Crippen molar-refractivity contribution in [3.8, 4) is 0 Å². The topological polar surface area (TPSA) is 69.7 Å². The number of rotatable bonds is 7. The number of carbonyl (C=O) groups excluding carboxylic acids is 3. The van der Waals surface area contributed by atoms with E-state index in [1.165, 1.54) is 41.2 Å². The SMILES string of the molecule is Cc1cc(NC(=O)c2cccc(F)c2)sc1C(=O)N1CCN(C(=O)CCCc2ccccc2)CC1. The number of benzene rings is 2. The average molecular weight is 494 g/mol. The molecular weight excluding hydrogens is 465 g/mol. The third-order valence-corrected chi connectivity index (χ3v) is 7.19.